The molecule has 5 heteroatoms. The molecule has 0 aliphatic rings. The summed E-state index contributed by atoms with van der Waals surface area (Å²) in [6.45, 7) is 2.06. The Balaban J connectivity index is 2.01. The molecule has 0 atom stereocenters. The van der Waals surface area contributed by atoms with Crippen LogP contribution in [0.1, 0.15) is 18.1 Å². The average molecular weight is 309 g/mol. The van der Waals surface area contributed by atoms with E-state index in [1.54, 1.807) is 0 Å². The van der Waals surface area contributed by atoms with Gasteiger partial charge in [0.2, 0.25) is 5.91 Å². The molecule has 0 aliphatic carbocycles. The van der Waals surface area contributed by atoms with E-state index < -0.39 is 5.91 Å². The van der Waals surface area contributed by atoms with Crippen LogP contribution in [0.15, 0.2) is 65.7 Å². The van der Waals surface area contributed by atoms with E-state index in [2.05, 4.69) is 15.6 Å². The molecule has 0 saturated heterocycles. The molecule has 0 heterocycles. The summed E-state index contributed by atoms with van der Waals surface area (Å²) in [5.74, 6) is -0.705. The largest absolute Gasteiger partial charge is 0.345 e. The number of carbonyl (C=O) groups is 2. The monoisotopic (exact) mass is 309 g/mol. The fraction of sp³-hybridized carbons (Fsp3) is 0.167. The fourth-order valence-corrected chi connectivity index (χ4v) is 1.95. The van der Waals surface area contributed by atoms with E-state index in [0.717, 1.165) is 11.1 Å². The lowest BCUT2D eigenvalue weighted by molar-refractivity contribution is -0.119. The van der Waals surface area contributed by atoms with Crippen molar-refractivity contribution < 1.29 is 9.59 Å². The van der Waals surface area contributed by atoms with Gasteiger partial charge >= 0.3 is 0 Å². The predicted octanol–water partition coefficient (Wildman–Crippen LogP) is 2.04. The number of nitrogens with zero attached hydrogens (tertiary/aromatic N) is 1. The minimum atomic E-state index is -0.403. The number of carbonyl (C=O) groups excluding carboxylic acids is 2. The number of rotatable bonds is 4. The molecule has 2 aromatic rings. The zero-order chi connectivity index (χ0) is 16.5. The van der Waals surface area contributed by atoms with Crippen molar-refractivity contribution in [1.82, 2.24) is 10.6 Å². The summed E-state index contributed by atoms with van der Waals surface area (Å²) in [6.07, 6.45) is 0. The number of nitrogens with one attached hydrogen (secondary N) is 2. The van der Waals surface area contributed by atoms with Crippen LogP contribution in [0, 0.1) is 0 Å². The van der Waals surface area contributed by atoms with Crippen molar-refractivity contribution in [2.45, 2.75) is 20.0 Å². The first-order valence-electron chi connectivity index (χ1n) is 7.33. The number of hydrogen-bond donors (Lipinski definition) is 2. The highest BCUT2D eigenvalue weighted by Gasteiger charge is 2.12. The van der Waals surface area contributed by atoms with Gasteiger partial charge in [-0.1, -0.05) is 60.7 Å². The summed E-state index contributed by atoms with van der Waals surface area (Å²) < 4.78 is 0. The molecule has 0 radical (unpaired) electrons. The molecular weight excluding hydrogens is 290 g/mol. The molecule has 0 aliphatic heterocycles. The molecule has 0 unspecified atom stereocenters. The molecule has 2 aromatic carbocycles. The van der Waals surface area contributed by atoms with Crippen LogP contribution in [0.3, 0.4) is 0 Å². The number of amidine groups is 1. The van der Waals surface area contributed by atoms with Crippen molar-refractivity contribution >= 4 is 17.6 Å². The van der Waals surface area contributed by atoms with Gasteiger partial charge in [-0.3, -0.25) is 14.6 Å². The first-order chi connectivity index (χ1) is 11.1. The molecule has 0 spiro atoms. The number of benzene rings is 2. The summed E-state index contributed by atoms with van der Waals surface area (Å²) in [5.41, 5.74) is 1.94. The van der Waals surface area contributed by atoms with Crippen LogP contribution in [-0.4, -0.2) is 17.6 Å². The molecule has 2 rings (SSSR count). The fourth-order valence-electron chi connectivity index (χ4n) is 1.95. The molecule has 0 fully saturated rings. The average Bonchev–Trinajstić information content (AvgIpc) is 2.58. The van der Waals surface area contributed by atoms with Crippen molar-refractivity contribution in [3.63, 3.8) is 0 Å². The number of aliphatic imine (C=N–C) groups is 1. The third-order valence-corrected chi connectivity index (χ3v) is 3.07. The van der Waals surface area contributed by atoms with Gasteiger partial charge in [-0.25, -0.2) is 0 Å². The van der Waals surface area contributed by atoms with Crippen LogP contribution in [0.25, 0.3) is 0 Å². The van der Waals surface area contributed by atoms with Crippen LogP contribution >= 0.6 is 0 Å². The SMILES string of the molecule is CC(=O)NC(=NCc1ccccc1)C(=O)NCc1ccccc1. The molecule has 5 nitrogen and oxygen atoms in total. The molecule has 0 aromatic heterocycles. The van der Waals surface area contributed by atoms with Gasteiger partial charge < -0.3 is 10.6 Å². The van der Waals surface area contributed by atoms with Gasteiger partial charge in [0, 0.05) is 13.5 Å². The van der Waals surface area contributed by atoms with Gasteiger partial charge in [0.25, 0.3) is 5.91 Å². The second-order valence-corrected chi connectivity index (χ2v) is 5.00. The van der Waals surface area contributed by atoms with E-state index in [1.807, 2.05) is 60.7 Å². The van der Waals surface area contributed by atoms with Gasteiger partial charge in [-0.05, 0) is 11.1 Å². The highest BCUT2D eigenvalue weighted by atomic mass is 16.2. The Hall–Kier alpha value is -2.95. The van der Waals surface area contributed by atoms with Gasteiger partial charge in [-0.2, -0.15) is 0 Å². The highest BCUT2D eigenvalue weighted by Crippen LogP contribution is 2.01. The Morgan fingerprint density at radius 3 is 2.04 bits per heavy atom. The van der Waals surface area contributed by atoms with Crippen molar-refractivity contribution in [2.24, 2.45) is 4.99 Å². The minimum Gasteiger partial charge on any atom is -0.345 e. The lowest BCUT2D eigenvalue weighted by Gasteiger charge is -2.09. The third-order valence-electron chi connectivity index (χ3n) is 3.07. The van der Waals surface area contributed by atoms with Crippen LogP contribution < -0.4 is 10.6 Å². The second-order valence-electron chi connectivity index (χ2n) is 5.00. The molecule has 0 saturated carbocycles. The van der Waals surface area contributed by atoms with Crippen molar-refractivity contribution in [3.8, 4) is 0 Å². The smallest absolute Gasteiger partial charge is 0.287 e. The predicted molar refractivity (Wildman–Crippen MR) is 89.7 cm³/mol. The Morgan fingerprint density at radius 2 is 1.48 bits per heavy atom. The van der Waals surface area contributed by atoms with Crippen LogP contribution in [0.2, 0.25) is 0 Å². The van der Waals surface area contributed by atoms with Gasteiger partial charge in [0.15, 0.2) is 5.84 Å². The summed E-state index contributed by atoms with van der Waals surface area (Å²) in [5, 5.41) is 5.24. The minimum absolute atomic E-state index is 0.0253. The van der Waals surface area contributed by atoms with Crippen molar-refractivity contribution in [1.29, 1.82) is 0 Å². The van der Waals surface area contributed by atoms with E-state index in [-0.39, 0.29) is 11.7 Å². The maximum Gasteiger partial charge on any atom is 0.287 e. The van der Waals surface area contributed by atoms with Gasteiger partial charge in [-0.15, -0.1) is 0 Å². The Kier molecular flexibility index (Phi) is 6.06. The maximum atomic E-state index is 12.2. The standard InChI is InChI=1S/C18H19N3O2/c1-14(22)21-17(19-12-15-8-4-2-5-9-15)18(23)20-13-16-10-6-3-7-11-16/h2-11H,12-13H2,1H3,(H,20,23)(H,19,21,22). The second kappa shape index (κ2) is 8.48. The highest BCUT2D eigenvalue weighted by molar-refractivity contribution is 6.40. The van der Waals surface area contributed by atoms with Crippen molar-refractivity contribution in [3.05, 3.63) is 71.8 Å². The van der Waals surface area contributed by atoms with E-state index >= 15 is 0 Å². The number of amides is 2. The Bertz CT molecular complexity index is 682. The summed E-state index contributed by atoms with van der Waals surface area (Å²) in [4.78, 5) is 27.7. The van der Waals surface area contributed by atoms with Crippen molar-refractivity contribution in [2.75, 3.05) is 0 Å². The van der Waals surface area contributed by atoms with Crippen LogP contribution in [0.4, 0.5) is 0 Å². The van der Waals surface area contributed by atoms with Gasteiger partial charge in [0.1, 0.15) is 0 Å². The quantitative estimate of drug-likeness (QED) is 0.670. The molecule has 2 amide bonds. The molecular formula is C18H19N3O2. The third kappa shape index (κ3) is 5.74. The van der Waals surface area contributed by atoms with Gasteiger partial charge in [0.05, 0.1) is 6.54 Å². The van der Waals surface area contributed by atoms with E-state index in [0.29, 0.717) is 13.1 Å². The lowest BCUT2D eigenvalue weighted by atomic mass is 10.2. The molecule has 118 valence electrons. The Labute approximate surface area is 135 Å². The first-order valence-corrected chi connectivity index (χ1v) is 7.33. The normalized spacial score (nSPS) is 10.9. The number of hydrogen-bond acceptors (Lipinski definition) is 3. The van der Waals surface area contributed by atoms with Crippen LogP contribution in [-0.2, 0) is 22.7 Å². The zero-order valence-electron chi connectivity index (χ0n) is 13.0. The maximum absolute atomic E-state index is 12.2. The summed E-state index contributed by atoms with van der Waals surface area (Å²) in [6, 6.07) is 19.1. The van der Waals surface area contributed by atoms with E-state index in [4.69, 9.17) is 0 Å². The Morgan fingerprint density at radius 1 is 0.913 bits per heavy atom. The van der Waals surface area contributed by atoms with E-state index in [1.165, 1.54) is 6.92 Å². The molecule has 2 N–H and O–H groups in total. The molecule has 0 bridgehead atoms. The summed E-state index contributed by atoms with van der Waals surface area (Å²) in [7, 11) is 0. The zero-order valence-corrected chi connectivity index (χ0v) is 13.0. The van der Waals surface area contributed by atoms with Crippen LogP contribution in [0.5, 0.6) is 0 Å². The van der Waals surface area contributed by atoms with E-state index in [9.17, 15) is 9.59 Å². The first kappa shape index (κ1) is 16.4. The summed E-state index contributed by atoms with van der Waals surface area (Å²) >= 11 is 0. The lowest BCUT2D eigenvalue weighted by Crippen LogP contribution is -2.41. The molecule has 23 heavy (non-hydrogen) atoms. The topological polar surface area (TPSA) is 70.6 Å².